The molecule has 0 aliphatic carbocycles. The number of hydrogen-bond acceptors (Lipinski definition) is 5. The lowest BCUT2D eigenvalue weighted by Crippen LogP contribution is -2.48. The van der Waals surface area contributed by atoms with Gasteiger partial charge in [0.1, 0.15) is 5.82 Å². The summed E-state index contributed by atoms with van der Waals surface area (Å²) in [5, 5.41) is 3.10. The van der Waals surface area contributed by atoms with Gasteiger partial charge in [-0.3, -0.25) is 4.79 Å². The summed E-state index contributed by atoms with van der Waals surface area (Å²) in [5.74, 6) is 0.747. The molecule has 2 aromatic carbocycles. The van der Waals surface area contributed by atoms with Crippen molar-refractivity contribution in [3.8, 4) is 17.2 Å². The van der Waals surface area contributed by atoms with Gasteiger partial charge in [-0.05, 0) is 55.7 Å². The maximum absolute atomic E-state index is 13.4. The van der Waals surface area contributed by atoms with Crippen LogP contribution >= 0.6 is 0 Å². The van der Waals surface area contributed by atoms with Gasteiger partial charge < -0.3 is 24.4 Å². The third-order valence-electron chi connectivity index (χ3n) is 5.20. The first-order valence-electron chi connectivity index (χ1n) is 9.59. The van der Waals surface area contributed by atoms with E-state index in [1.807, 2.05) is 6.92 Å². The molecule has 0 radical (unpaired) electrons. The van der Waals surface area contributed by atoms with Crippen LogP contribution in [0.1, 0.15) is 28.8 Å². The number of ether oxygens (including phenoxy) is 3. The van der Waals surface area contributed by atoms with Crippen LogP contribution in [0.25, 0.3) is 0 Å². The van der Waals surface area contributed by atoms with Crippen LogP contribution < -0.4 is 24.4 Å². The first-order valence-corrected chi connectivity index (χ1v) is 9.59. The number of piperidine rings is 1. The third-order valence-corrected chi connectivity index (χ3v) is 5.20. The molecule has 0 spiro atoms. The van der Waals surface area contributed by atoms with E-state index in [4.69, 9.17) is 14.2 Å². The van der Waals surface area contributed by atoms with Gasteiger partial charge in [0.15, 0.2) is 11.5 Å². The maximum atomic E-state index is 13.4. The highest BCUT2D eigenvalue weighted by Crippen LogP contribution is 2.39. The molecule has 0 bridgehead atoms. The highest BCUT2D eigenvalue weighted by Gasteiger charge is 2.26. The normalized spacial score (nSPS) is 16.3. The summed E-state index contributed by atoms with van der Waals surface area (Å²) in [6, 6.07) is 8.13. The Bertz CT molecular complexity index is 887. The zero-order valence-electron chi connectivity index (χ0n) is 17.3. The first-order chi connectivity index (χ1) is 14.0. The Balaban J connectivity index is 1.77. The molecule has 1 N–H and O–H groups in total. The van der Waals surface area contributed by atoms with Crippen LogP contribution in [-0.2, 0) is 0 Å². The Morgan fingerprint density at radius 2 is 1.86 bits per heavy atom. The van der Waals surface area contributed by atoms with Crippen LogP contribution in [-0.4, -0.2) is 46.4 Å². The fourth-order valence-electron chi connectivity index (χ4n) is 3.83. The fourth-order valence-corrected chi connectivity index (χ4v) is 3.83. The van der Waals surface area contributed by atoms with Crippen LogP contribution in [0.3, 0.4) is 0 Å². The van der Waals surface area contributed by atoms with Gasteiger partial charge in [0, 0.05) is 24.8 Å². The predicted octanol–water partition coefficient (Wildman–Crippen LogP) is 3.56. The van der Waals surface area contributed by atoms with E-state index in [9.17, 15) is 9.18 Å². The van der Waals surface area contributed by atoms with Gasteiger partial charge in [0.2, 0.25) is 5.75 Å². The smallest absolute Gasteiger partial charge is 0.255 e. The standard InChI is InChI=1S/C22H27FN2O4/c1-14-12-15(23)7-9-18(14)25-11-5-6-16(13-25)24-22(26)17-8-10-19(27-2)21(29-4)20(17)28-3/h7-10,12,16H,5-6,11,13H2,1-4H3,(H,24,26). The number of benzene rings is 2. The number of amides is 1. The van der Waals surface area contributed by atoms with E-state index in [1.165, 1.54) is 33.5 Å². The van der Waals surface area contributed by atoms with E-state index >= 15 is 0 Å². The molecular weight excluding hydrogens is 375 g/mol. The van der Waals surface area contributed by atoms with Gasteiger partial charge in [-0.2, -0.15) is 0 Å². The Hall–Kier alpha value is -2.96. The summed E-state index contributed by atoms with van der Waals surface area (Å²) in [7, 11) is 4.53. The number of rotatable bonds is 6. The molecule has 1 unspecified atom stereocenters. The van der Waals surface area contributed by atoms with Crippen molar-refractivity contribution in [3.63, 3.8) is 0 Å². The summed E-state index contributed by atoms with van der Waals surface area (Å²) in [6.45, 7) is 3.43. The van der Waals surface area contributed by atoms with Crippen molar-refractivity contribution < 1.29 is 23.4 Å². The summed E-state index contributed by atoms with van der Waals surface area (Å²) >= 11 is 0. The first kappa shape index (κ1) is 20.8. The van der Waals surface area contributed by atoms with Crippen molar-refractivity contribution in [1.82, 2.24) is 5.32 Å². The average molecular weight is 402 g/mol. The SMILES string of the molecule is COc1ccc(C(=O)NC2CCCN(c3ccc(F)cc3C)C2)c(OC)c1OC. The molecule has 2 aromatic rings. The highest BCUT2D eigenvalue weighted by molar-refractivity contribution is 5.98. The fraction of sp³-hybridized carbons (Fsp3) is 0.409. The van der Waals surface area contributed by atoms with Crippen molar-refractivity contribution in [2.45, 2.75) is 25.8 Å². The number of methoxy groups -OCH3 is 3. The van der Waals surface area contributed by atoms with E-state index < -0.39 is 0 Å². The summed E-state index contributed by atoms with van der Waals surface area (Å²) < 4.78 is 29.5. The lowest BCUT2D eigenvalue weighted by molar-refractivity contribution is 0.0929. The van der Waals surface area contributed by atoms with Gasteiger partial charge in [-0.1, -0.05) is 0 Å². The lowest BCUT2D eigenvalue weighted by atomic mass is 10.0. The summed E-state index contributed by atoms with van der Waals surface area (Å²) in [5.41, 5.74) is 2.27. The molecule has 29 heavy (non-hydrogen) atoms. The average Bonchev–Trinajstić information content (AvgIpc) is 2.72. The molecule has 1 aliphatic rings. The number of aryl methyl sites for hydroxylation is 1. The molecule has 6 nitrogen and oxygen atoms in total. The molecule has 1 atom stereocenters. The highest BCUT2D eigenvalue weighted by atomic mass is 19.1. The summed E-state index contributed by atoms with van der Waals surface area (Å²) in [4.78, 5) is 15.1. The minimum absolute atomic E-state index is 0.0292. The molecule has 1 amide bonds. The van der Waals surface area contributed by atoms with Gasteiger partial charge in [0.25, 0.3) is 5.91 Å². The van der Waals surface area contributed by atoms with E-state index in [1.54, 1.807) is 18.2 Å². The molecule has 3 rings (SSSR count). The molecular formula is C22H27FN2O4. The number of nitrogens with one attached hydrogen (secondary N) is 1. The van der Waals surface area contributed by atoms with Gasteiger partial charge in [-0.25, -0.2) is 4.39 Å². The number of hydrogen-bond donors (Lipinski definition) is 1. The van der Waals surface area contributed by atoms with Crippen LogP contribution in [0.4, 0.5) is 10.1 Å². The largest absolute Gasteiger partial charge is 0.493 e. The van der Waals surface area contributed by atoms with Crippen LogP contribution in [0.5, 0.6) is 17.2 Å². The summed E-state index contributed by atoms with van der Waals surface area (Å²) in [6.07, 6.45) is 1.81. The number of anilines is 1. The molecule has 1 fully saturated rings. The molecule has 1 aliphatic heterocycles. The van der Waals surface area contributed by atoms with Crippen molar-refractivity contribution in [1.29, 1.82) is 0 Å². The van der Waals surface area contributed by atoms with Crippen molar-refractivity contribution >= 4 is 11.6 Å². The van der Waals surface area contributed by atoms with E-state index in [2.05, 4.69) is 10.2 Å². The van der Waals surface area contributed by atoms with Crippen LogP contribution in [0.2, 0.25) is 0 Å². The quantitative estimate of drug-likeness (QED) is 0.801. The topological polar surface area (TPSA) is 60.0 Å². The van der Waals surface area contributed by atoms with Crippen molar-refractivity contribution in [3.05, 3.63) is 47.3 Å². The second-order valence-corrected chi connectivity index (χ2v) is 7.07. The molecule has 1 saturated heterocycles. The second-order valence-electron chi connectivity index (χ2n) is 7.07. The van der Waals surface area contributed by atoms with E-state index in [0.717, 1.165) is 30.6 Å². The molecule has 0 aromatic heterocycles. The molecule has 156 valence electrons. The Labute approximate surface area is 170 Å². The molecule has 0 saturated carbocycles. The zero-order chi connectivity index (χ0) is 21.0. The Morgan fingerprint density at radius 1 is 1.10 bits per heavy atom. The van der Waals surface area contributed by atoms with Gasteiger partial charge in [0.05, 0.1) is 26.9 Å². The van der Waals surface area contributed by atoms with Crippen LogP contribution in [0.15, 0.2) is 30.3 Å². The minimum Gasteiger partial charge on any atom is -0.493 e. The second kappa shape index (κ2) is 9.03. The van der Waals surface area contributed by atoms with Gasteiger partial charge >= 0.3 is 0 Å². The number of carbonyl (C=O) groups is 1. The monoisotopic (exact) mass is 402 g/mol. The third kappa shape index (κ3) is 4.39. The number of nitrogens with zero attached hydrogens (tertiary/aromatic N) is 1. The number of carbonyl (C=O) groups excluding carboxylic acids is 1. The maximum Gasteiger partial charge on any atom is 0.255 e. The molecule has 1 heterocycles. The van der Waals surface area contributed by atoms with Crippen LogP contribution in [0, 0.1) is 12.7 Å². The Kier molecular flexibility index (Phi) is 6.46. The predicted molar refractivity (Wildman–Crippen MR) is 110 cm³/mol. The minimum atomic E-state index is -0.242. The zero-order valence-corrected chi connectivity index (χ0v) is 17.3. The number of halogens is 1. The van der Waals surface area contributed by atoms with E-state index in [0.29, 0.717) is 29.4 Å². The van der Waals surface area contributed by atoms with E-state index in [-0.39, 0.29) is 17.8 Å². The van der Waals surface area contributed by atoms with Crippen molar-refractivity contribution in [2.24, 2.45) is 0 Å². The van der Waals surface area contributed by atoms with Gasteiger partial charge in [-0.15, -0.1) is 0 Å². The van der Waals surface area contributed by atoms with Crippen molar-refractivity contribution in [2.75, 3.05) is 39.3 Å². The lowest BCUT2D eigenvalue weighted by Gasteiger charge is -2.35. The molecule has 7 heteroatoms. The Morgan fingerprint density at radius 3 is 2.52 bits per heavy atom.